The van der Waals surface area contributed by atoms with Crippen LogP contribution in [-0.2, 0) is 6.54 Å². The fourth-order valence-electron chi connectivity index (χ4n) is 3.42. The summed E-state index contributed by atoms with van der Waals surface area (Å²) in [6.45, 7) is 3.28. The molecule has 30 heavy (non-hydrogen) atoms. The van der Waals surface area contributed by atoms with Crippen LogP contribution in [0.1, 0.15) is 5.89 Å². The second-order valence-corrected chi connectivity index (χ2v) is 7.33. The summed E-state index contributed by atoms with van der Waals surface area (Å²) in [4.78, 5) is 19.6. The van der Waals surface area contributed by atoms with E-state index in [1.807, 2.05) is 29.2 Å². The van der Waals surface area contributed by atoms with Gasteiger partial charge in [-0.1, -0.05) is 16.8 Å². The van der Waals surface area contributed by atoms with Gasteiger partial charge < -0.3 is 14.2 Å². The maximum absolute atomic E-state index is 11.4. The molecule has 1 aromatic heterocycles. The molecule has 156 valence electrons. The minimum Gasteiger partial charge on any atom is -0.497 e. The van der Waals surface area contributed by atoms with Gasteiger partial charge in [0.1, 0.15) is 11.4 Å². The zero-order valence-electron chi connectivity index (χ0n) is 16.3. The van der Waals surface area contributed by atoms with Crippen LogP contribution in [0, 0.1) is 10.1 Å². The number of halogens is 1. The molecule has 0 amide bonds. The van der Waals surface area contributed by atoms with Gasteiger partial charge in [0.05, 0.1) is 18.6 Å². The van der Waals surface area contributed by atoms with Crippen LogP contribution < -0.4 is 9.64 Å². The molecule has 4 rings (SSSR count). The summed E-state index contributed by atoms with van der Waals surface area (Å²) in [5.74, 6) is 1.83. The molecular formula is C20H20ClN5O4. The van der Waals surface area contributed by atoms with Crippen molar-refractivity contribution in [3.63, 3.8) is 0 Å². The van der Waals surface area contributed by atoms with Crippen LogP contribution in [0.15, 0.2) is 47.0 Å². The maximum atomic E-state index is 11.4. The zero-order chi connectivity index (χ0) is 21.1. The molecule has 0 unspecified atom stereocenters. The Bertz CT molecular complexity index is 1030. The van der Waals surface area contributed by atoms with Crippen molar-refractivity contribution < 1.29 is 14.2 Å². The van der Waals surface area contributed by atoms with Gasteiger partial charge in [0, 0.05) is 42.8 Å². The van der Waals surface area contributed by atoms with E-state index in [-0.39, 0.29) is 5.69 Å². The molecule has 1 aliphatic rings. The van der Waals surface area contributed by atoms with Gasteiger partial charge in [-0.05, 0) is 36.4 Å². The zero-order valence-corrected chi connectivity index (χ0v) is 17.1. The molecule has 9 nitrogen and oxygen atoms in total. The van der Waals surface area contributed by atoms with Gasteiger partial charge >= 0.3 is 0 Å². The lowest BCUT2D eigenvalue weighted by atomic mass is 10.2. The molecule has 2 heterocycles. The lowest BCUT2D eigenvalue weighted by Crippen LogP contribution is -2.46. The van der Waals surface area contributed by atoms with Crippen molar-refractivity contribution >= 4 is 23.0 Å². The highest BCUT2D eigenvalue weighted by molar-refractivity contribution is 6.30. The second kappa shape index (κ2) is 8.68. The highest BCUT2D eigenvalue weighted by Crippen LogP contribution is 2.31. The summed E-state index contributed by atoms with van der Waals surface area (Å²) < 4.78 is 10.6. The molecule has 0 aliphatic carbocycles. The normalized spacial score (nSPS) is 14.7. The SMILES string of the molecule is COc1ccc(-c2noc(CN3CCN(c4ccc(Cl)cc4[N+](=O)[O-])CC3)n2)cc1. The Morgan fingerprint density at radius 2 is 1.90 bits per heavy atom. The number of nitro benzene ring substituents is 1. The van der Waals surface area contributed by atoms with Gasteiger partial charge in [-0.2, -0.15) is 4.98 Å². The van der Waals surface area contributed by atoms with Crippen LogP contribution in [0.5, 0.6) is 5.75 Å². The van der Waals surface area contributed by atoms with Gasteiger partial charge in [-0.3, -0.25) is 15.0 Å². The van der Waals surface area contributed by atoms with Gasteiger partial charge in [-0.25, -0.2) is 0 Å². The molecule has 2 aromatic carbocycles. The van der Waals surface area contributed by atoms with Crippen molar-refractivity contribution in [1.82, 2.24) is 15.0 Å². The Hall–Kier alpha value is -3.17. The van der Waals surface area contributed by atoms with E-state index in [1.54, 1.807) is 19.2 Å². The lowest BCUT2D eigenvalue weighted by molar-refractivity contribution is -0.384. The molecule has 0 saturated carbocycles. The summed E-state index contributed by atoms with van der Waals surface area (Å²) in [6.07, 6.45) is 0. The third-order valence-electron chi connectivity index (χ3n) is 5.02. The minimum absolute atomic E-state index is 0.0250. The molecule has 0 radical (unpaired) electrons. The third-order valence-corrected chi connectivity index (χ3v) is 5.26. The summed E-state index contributed by atoms with van der Waals surface area (Å²) in [5.41, 5.74) is 1.46. The summed E-state index contributed by atoms with van der Waals surface area (Å²) >= 11 is 5.91. The van der Waals surface area contributed by atoms with Crippen molar-refractivity contribution in [2.24, 2.45) is 0 Å². The first kappa shape index (κ1) is 20.1. The predicted molar refractivity (Wildman–Crippen MR) is 112 cm³/mol. The van der Waals surface area contributed by atoms with Crippen LogP contribution in [0.25, 0.3) is 11.4 Å². The van der Waals surface area contributed by atoms with Crippen molar-refractivity contribution in [3.8, 4) is 17.1 Å². The van der Waals surface area contributed by atoms with E-state index >= 15 is 0 Å². The van der Waals surface area contributed by atoms with E-state index in [2.05, 4.69) is 15.0 Å². The number of rotatable bonds is 6. The molecule has 1 fully saturated rings. The van der Waals surface area contributed by atoms with E-state index in [4.69, 9.17) is 20.9 Å². The fraction of sp³-hybridized carbons (Fsp3) is 0.300. The molecule has 10 heteroatoms. The Morgan fingerprint density at radius 1 is 1.17 bits per heavy atom. The van der Waals surface area contributed by atoms with Gasteiger partial charge in [0.2, 0.25) is 11.7 Å². The number of methoxy groups -OCH3 is 1. The molecule has 0 atom stereocenters. The Morgan fingerprint density at radius 3 is 2.57 bits per heavy atom. The summed E-state index contributed by atoms with van der Waals surface area (Å²) in [6, 6.07) is 12.2. The minimum atomic E-state index is -0.396. The highest BCUT2D eigenvalue weighted by atomic mass is 35.5. The number of aromatic nitrogens is 2. The topological polar surface area (TPSA) is 97.8 Å². The predicted octanol–water partition coefficient (Wildman–Crippen LogP) is 3.63. The average molecular weight is 430 g/mol. The Balaban J connectivity index is 1.38. The summed E-state index contributed by atoms with van der Waals surface area (Å²) in [5, 5.41) is 15.8. The van der Waals surface area contributed by atoms with Crippen LogP contribution in [-0.4, -0.2) is 53.3 Å². The van der Waals surface area contributed by atoms with E-state index < -0.39 is 4.92 Å². The number of nitro groups is 1. The summed E-state index contributed by atoms with van der Waals surface area (Å²) in [7, 11) is 1.62. The standard InChI is InChI=1S/C20H20ClN5O4/c1-29-16-5-2-14(3-6-16)20-22-19(30-23-20)13-24-8-10-25(11-9-24)17-7-4-15(21)12-18(17)26(27)28/h2-7,12H,8-11,13H2,1H3. The quantitative estimate of drug-likeness (QED) is 0.432. The Kier molecular flexibility index (Phi) is 5.82. The second-order valence-electron chi connectivity index (χ2n) is 6.89. The monoisotopic (exact) mass is 429 g/mol. The first-order chi connectivity index (χ1) is 14.5. The van der Waals surface area contributed by atoms with Crippen LogP contribution in [0.2, 0.25) is 5.02 Å². The molecule has 0 bridgehead atoms. The fourth-order valence-corrected chi connectivity index (χ4v) is 3.59. The highest BCUT2D eigenvalue weighted by Gasteiger charge is 2.25. The van der Waals surface area contributed by atoms with E-state index in [0.717, 1.165) is 24.4 Å². The van der Waals surface area contributed by atoms with Gasteiger partial charge in [0.15, 0.2) is 0 Å². The Labute approximate surface area is 178 Å². The lowest BCUT2D eigenvalue weighted by Gasteiger charge is -2.35. The molecular weight excluding hydrogens is 410 g/mol. The molecule has 3 aromatic rings. The molecule has 0 spiro atoms. The number of benzene rings is 2. The third kappa shape index (κ3) is 4.37. The smallest absolute Gasteiger partial charge is 0.294 e. The van der Waals surface area contributed by atoms with Gasteiger partial charge in [0.25, 0.3) is 5.69 Å². The van der Waals surface area contributed by atoms with Crippen LogP contribution >= 0.6 is 11.6 Å². The van der Waals surface area contributed by atoms with Crippen molar-refractivity contribution in [2.75, 3.05) is 38.2 Å². The number of nitrogens with zero attached hydrogens (tertiary/aromatic N) is 5. The van der Waals surface area contributed by atoms with E-state index in [1.165, 1.54) is 6.07 Å². The number of hydrogen-bond donors (Lipinski definition) is 0. The van der Waals surface area contributed by atoms with Crippen molar-refractivity contribution in [3.05, 3.63) is 63.5 Å². The molecule has 0 N–H and O–H groups in total. The molecule has 1 saturated heterocycles. The van der Waals surface area contributed by atoms with Crippen LogP contribution in [0.3, 0.4) is 0 Å². The number of piperazine rings is 1. The van der Waals surface area contributed by atoms with Gasteiger partial charge in [-0.15, -0.1) is 0 Å². The first-order valence-corrected chi connectivity index (χ1v) is 9.79. The molecule has 1 aliphatic heterocycles. The van der Waals surface area contributed by atoms with E-state index in [9.17, 15) is 10.1 Å². The van der Waals surface area contributed by atoms with Crippen molar-refractivity contribution in [1.29, 1.82) is 0 Å². The average Bonchev–Trinajstić information content (AvgIpc) is 3.23. The van der Waals surface area contributed by atoms with E-state index in [0.29, 0.717) is 42.1 Å². The first-order valence-electron chi connectivity index (χ1n) is 9.42. The largest absolute Gasteiger partial charge is 0.497 e. The van der Waals surface area contributed by atoms with Crippen LogP contribution in [0.4, 0.5) is 11.4 Å². The van der Waals surface area contributed by atoms with Crippen molar-refractivity contribution in [2.45, 2.75) is 6.54 Å². The number of anilines is 1. The number of ether oxygens (including phenoxy) is 1. The maximum Gasteiger partial charge on any atom is 0.294 e. The number of hydrogen-bond acceptors (Lipinski definition) is 8.